The molecule has 8 heavy (non-hydrogen) atoms. The molecule has 2 heteroatoms. The van der Waals surface area contributed by atoms with Crippen molar-refractivity contribution >= 4 is 0 Å². The molecule has 0 aliphatic carbocycles. The van der Waals surface area contributed by atoms with Crippen LogP contribution in [-0.2, 0) is 0 Å². The van der Waals surface area contributed by atoms with Crippen LogP contribution in [0, 0.1) is 0 Å². The van der Waals surface area contributed by atoms with E-state index in [4.69, 9.17) is 2.74 Å². The molecule has 3 atom stereocenters. The van der Waals surface area contributed by atoms with E-state index in [2.05, 4.69) is 10.6 Å². The van der Waals surface area contributed by atoms with Crippen molar-refractivity contribution < 1.29 is 2.74 Å². The van der Waals surface area contributed by atoms with E-state index in [1.807, 2.05) is 13.8 Å². The van der Waals surface area contributed by atoms with Gasteiger partial charge >= 0.3 is 0 Å². The van der Waals surface area contributed by atoms with E-state index in [0.717, 1.165) is 0 Å². The third-order valence-electron chi connectivity index (χ3n) is 1.21. The molecule has 0 aromatic rings. The maximum atomic E-state index is 7.59. The van der Waals surface area contributed by atoms with Crippen LogP contribution in [0.5, 0.6) is 0 Å². The first-order chi connectivity index (χ1) is 4.51. The van der Waals surface area contributed by atoms with Gasteiger partial charge in [-0.2, -0.15) is 0 Å². The second-order valence-electron chi connectivity index (χ2n) is 2.26. The minimum absolute atomic E-state index is 0.0660. The van der Waals surface area contributed by atoms with Crippen LogP contribution < -0.4 is 10.6 Å². The van der Waals surface area contributed by atoms with Crippen molar-refractivity contribution in [3.63, 3.8) is 0 Å². The molecule has 0 saturated carbocycles. The summed E-state index contributed by atoms with van der Waals surface area (Å²) in [6.07, 6.45) is 0. The molecular weight excluding hydrogens is 100 g/mol. The number of rotatable bonds is 0. The molecule has 0 aromatic carbocycles. The van der Waals surface area contributed by atoms with Gasteiger partial charge in [-0.3, -0.25) is 0 Å². The molecule has 2 nitrogen and oxygen atoms in total. The van der Waals surface area contributed by atoms with E-state index in [1.165, 1.54) is 0 Å². The highest BCUT2D eigenvalue weighted by molar-refractivity contribution is 4.76. The minimum atomic E-state index is -0.600. The van der Waals surface area contributed by atoms with Crippen molar-refractivity contribution in [1.82, 2.24) is 10.6 Å². The van der Waals surface area contributed by atoms with Gasteiger partial charge in [0.05, 0.1) is 0 Å². The van der Waals surface area contributed by atoms with Crippen LogP contribution in [0.4, 0.5) is 0 Å². The Bertz CT molecular complexity index is 127. The van der Waals surface area contributed by atoms with Gasteiger partial charge in [0.1, 0.15) is 0 Å². The maximum absolute atomic E-state index is 7.59. The summed E-state index contributed by atoms with van der Waals surface area (Å²) in [4.78, 5) is 0. The topological polar surface area (TPSA) is 24.1 Å². The Hall–Kier alpha value is -0.0800. The fourth-order valence-corrected chi connectivity index (χ4v) is 0.870. The Morgan fingerprint density at radius 3 is 3.00 bits per heavy atom. The van der Waals surface area contributed by atoms with Crippen molar-refractivity contribution in [2.24, 2.45) is 0 Å². The van der Waals surface area contributed by atoms with Crippen molar-refractivity contribution in [3.8, 4) is 0 Å². The molecule has 1 fully saturated rings. The molecule has 1 aliphatic heterocycles. The summed E-state index contributed by atoms with van der Waals surface area (Å²) in [6, 6.07) is -0.534. The SMILES string of the molecule is [2H]C1NCC([2H])(C)NC1C. The van der Waals surface area contributed by atoms with Crippen LogP contribution in [0.25, 0.3) is 0 Å². The zero-order chi connectivity index (χ0) is 7.78. The number of hydrogen-bond acceptors (Lipinski definition) is 2. The van der Waals surface area contributed by atoms with E-state index in [-0.39, 0.29) is 12.6 Å². The highest BCUT2D eigenvalue weighted by Gasteiger charge is 2.11. The first-order valence-corrected chi connectivity index (χ1v) is 2.95. The quantitative estimate of drug-likeness (QED) is 0.464. The van der Waals surface area contributed by atoms with Gasteiger partial charge in [0, 0.05) is 27.9 Å². The summed E-state index contributed by atoms with van der Waals surface area (Å²) < 4.78 is 15.0. The third-order valence-corrected chi connectivity index (χ3v) is 1.21. The molecule has 0 amide bonds. The lowest BCUT2D eigenvalue weighted by Crippen LogP contribution is -2.52. The Morgan fingerprint density at radius 2 is 2.50 bits per heavy atom. The molecule has 3 unspecified atom stereocenters. The van der Waals surface area contributed by atoms with Gasteiger partial charge in [-0.25, -0.2) is 0 Å². The van der Waals surface area contributed by atoms with Gasteiger partial charge in [0.15, 0.2) is 0 Å². The zero-order valence-electron chi connectivity index (χ0n) is 7.36. The Labute approximate surface area is 53.5 Å². The first kappa shape index (κ1) is 3.85. The van der Waals surface area contributed by atoms with Gasteiger partial charge in [-0.15, -0.1) is 0 Å². The van der Waals surface area contributed by atoms with Gasteiger partial charge in [0.25, 0.3) is 0 Å². The molecule has 1 aliphatic rings. The highest BCUT2D eigenvalue weighted by Crippen LogP contribution is 1.90. The molecule has 1 heterocycles. The summed E-state index contributed by atoms with van der Waals surface area (Å²) in [5.74, 6) is 0. The maximum Gasteiger partial charge on any atom is 0.0475 e. The molecule has 0 spiro atoms. The predicted octanol–water partition coefficient (Wildman–Crippen LogP) is -0.0438. The van der Waals surface area contributed by atoms with Crippen molar-refractivity contribution in [2.75, 3.05) is 13.1 Å². The lowest BCUT2D eigenvalue weighted by Gasteiger charge is -2.26. The number of nitrogens with one attached hydrogen (secondary N) is 2. The molecule has 1 saturated heterocycles. The molecule has 1 rings (SSSR count). The molecule has 0 aromatic heterocycles. The molecule has 48 valence electrons. The standard InChI is InChI=1S/C6H14N2/c1-5-3-7-4-6(2)8-5/h5-8H,3-4H2,1-2H3/i3D,6D. The largest absolute Gasteiger partial charge is 0.314 e. The number of hydrogen-bond donors (Lipinski definition) is 2. The van der Waals surface area contributed by atoms with Crippen LogP contribution in [0.3, 0.4) is 0 Å². The van der Waals surface area contributed by atoms with E-state index >= 15 is 0 Å². The summed E-state index contributed by atoms with van der Waals surface area (Å²) in [7, 11) is 0. The summed E-state index contributed by atoms with van der Waals surface area (Å²) in [6.45, 7) is 4.00. The third kappa shape index (κ3) is 1.46. The lowest BCUT2D eigenvalue weighted by atomic mass is 10.2. The second-order valence-corrected chi connectivity index (χ2v) is 2.26. The first-order valence-electron chi connectivity index (χ1n) is 4.02. The van der Waals surface area contributed by atoms with Gasteiger partial charge in [-0.1, -0.05) is 0 Å². The van der Waals surface area contributed by atoms with Crippen molar-refractivity contribution in [2.45, 2.75) is 25.9 Å². The number of piperazine rings is 1. The predicted molar refractivity (Wildman–Crippen MR) is 34.9 cm³/mol. The second kappa shape index (κ2) is 2.46. The Morgan fingerprint density at radius 1 is 1.75 bits per heavy atom. The fourth-order valence-electron chi connectivity index (χ4n) is 0.870. The average molecular weight is 116 g/mol. The van der Waals surface area contributed by atoms with E-state index in [1.54, 1.807) is 0 Å². The van der Waals surface area contributed by atoms with Crippen LogP contribution in [0.1, 0.15) is 16.6 Å². The fraction of sp³-hybridized carbons (Fsp3) is 1.00. The van der Waals surface area contributed by atoms with Gasteiger partial charge < -0.3 is 10.6 Å². The van der Waals surface area contributed by atoms with Crippen molar-refractivity contribution in [1.29, 1.82) is 0 Å². The van der Waals surface area contributed by atoms with Crippen LogP contribution in [0.15, 0.2) is 0 Å². The molecule has 0 bridgehead atoms. The van der Waals surface area contributed by atoms with Crippen LogP contribution in [-0.4, -0.2) is 25.1 Å². The van der Waals surface area contributed by atoms with Gasteiger partial charge in [-0.05, 0) is 13.8 Å². The molecular formula is C6H14N2. The monoisotopic (exact) mass is 116 g/mol. The van der Waals surface area contributed by atoms with E-state index < -0.39 is 6.02 Å². The zero-order valence-corrected chi connectivity index (χ0v) is 5.36. The smallest absolute Gasteiger partial charge is 0.0475 e. The van der Waals surface area contributed by atoms with Crippen LogP contribution >= 0.6 is 0 Å². The summed E-state index contributed by atoms with van der Waals surface area (Å²) >= 11 is 0. The summed E-state index contributed by atoms with van der Waals surface area (Å²) in [5, 5.41) is 5.96. The molecule has 0 radical (unpaired) electrons. The van der Waals surface area contributed by atoms with Gasteiger partial charge in [0.2, 0.25) is 0 Å². The lowest BCUT2D eigenvalue weighted by molar-refractivity contribution is 0.370. The van der Waals surface area contributed by atoms with Crippen LogP contribution in [0.2, 0.25) is 0 Å². The average Bonchev–Trinajstić information content (AvgIpc) is 1.79. The summed E-state index contributed by atoms with van der Waals surface area (Å²) in [5.41, 5.74) is 0. The normalized spacial score (nSPS) is 61.8. The minimum Gasteiger partial charge on any atom is -0.314 e. The van der Waals surface area contributed by atoms with E-state index in [9.17, 15) is 0 Å². The Balaban J connectivity index is 2.49. The molecule has 2 N–H and O–H groups in total. The Kier molecular flexibility index (Phi) is 1.19. The van der Waals surface area contributed by atoms with Crippen molar-refractivity contribution in [3.05, 3.63) is 0 Å². The highest BCUT2D eigenvalue weighted by atomic mass is 15.1. The van der Waals surface area contributed by atoms with E-state index in [0.29, 0.717) is 6.54 Å².